The molecule has 0 aromatic heterocycles. The van der Waals surface area contributed by atoms with Gasteiger partial charge < -0.3 is 10.0 Å². The molecule has 2 aromatic rings. The van der Waals surface area contributed by atoms with Crippen LogP contribution in [0.3, 0.4) is 0 Å². The Morgan fingerprint density at radius 2 is 1.71 bits per heavy atom. The first-order chi connectivity index (χ1) is 11.6. The summed E-state index contributed by atoms with van der Waals surface area (Å²) < 4.78 is 0. The van der Waals surface area contributed by atoms with Crippen molar-refractivity contribution in [2.24, 2.45) is 0 Å². The van der Waals surface area contributed by atoms with Gasteiger partial charge in [-0.15, -0.1) is 0 Å². The fourth-order valence-electron chi connectivity index (χ4n) is 3.58. The minimum Gasteiger partial charge on any atom is -0.380 e. The van der Waals surface area contributed by atoms with Gasteiger partial charge in [-0.25, -0.2) is 0 Å². The van der Waals surface area contributed by atoms with E-state index in [1.165, 1.54) is 15.4 Å². The summed E-state index contributed by atoms with van der Waals surface area (Å²) in [4.78, 5) is 4.79. The highest BCUT2D eigenvalue weighted by molar-refractivity contribution is 7.99. The van der Waals surface area contributed by atoms with Gasteiger partial charge in [0.2, 0.25) is 0 Å². The molecule has 0 bridgehead atoms. The molecule has 2 aromatic carbocycles. The molecular formula is C21H27NOS. The average Bonchev–Trinajstić information content (AvgIpc) is 2.60. The lowest BCUT2D eigenvalue weighted by Crippen LogP contribution is -2.33. The van der Waals surface area contributed by atoms with Crippen LogP contribution in [0.5, 0.6) is 0 Å². The van der Waals surface area contributed by atoms with Crippen molar-refractivity contribution in [3.8, 4) is 0 Å². The van der Waals surface area contributed by atoms with Crippen LogP contribution in [0.15, 0.2) is 52.3 Å². The second-order valence-corrected chi connectivity index (χ2v) is 7.67. The number of fused-ring (bicyclic) bond motifs is 2. The predicted octanol–water partition coefficient (Wildman–Crippen LogP) is 4.82. The average molecular weight is 342 g/mol. The summed E-state index contributed by atoms with van der Waals surface area (Å²) in [5.74, 6) is 0. The third-order valence-corrected chi connectivity index (χ3v) is 6.19. The molecule has 2 nitrogen and oxygen atoms in total. The van der Waals surface area contributed by atoms with Crippen molar-refractivity contribution < 1.29 is 5.11 Å². The van der Waals surface area contributed by atoms with Crippen molar-refractivity contribution in [2.45, 2.75) is 49.0 Å². The Hall–Kier alpha value is -1.29. The smallest absolute Gasteiger partial charge is 0.117 e. The SMILES string of the molecule is CCN(CC)CCCC1(O)c2ccccc2Sc2ccc(C)cc21. The number of hydrogen-bond donors (Lipinski definition) is 1. The normalized spacial score (nSPS) is 19.2. The molecule has 1 aliphatic rings. The molecule has 0 spiro atoms. The third-order valence-electron chi connectivity index (χ3n) is 5.04. The van der Waals surface area contributed by atoms with Crippen LogP contribution < -0.4 is 0 Å². The van der Waals surface area contributed by atoms with Crippen molar-refractivity contribution in [1.82, 2.24) is 4.90 Å². The van der Waals surface area contributed by atoms with Crippen LogP contribution in [0.1, 0.15) is 43.4 Å². The molecule has 0 saturated carbocycles. The summed E-state index contributed by atoms with van der Waals surface area (Å²) in [5, 5.41) is 11.7. The third kappa shape index (κ3) is 3.26. The van der Waals surface area contributed by atoms with Crippen molar-refractivity contribution in [2.75, 3.05) is 19.6 Å². The lowest BCUT2D eigenvalue weighted by atomic mass is 9.81. The fourth-order valence-corrected chi connectivity index (χ4v) is 4.79. The van der Waals surface area contributed by atoms with Crippen LogP contribution in [0, 0.1) is 6.92 Å². The maximum atomic E-state index is 11.7. The number of aryl methyl sites for hydroxylation is 1. The highest BCUT2D eigenvalue weighted by atomic mass is 32.2. The molecule has 1 heterocycles. The quantitative estimate of drug-likeness (QED) is 0.815. The fraction of sp³-hybridized carbons (Fsp3) is 0.429. The van der Waals surface area contributed by atoms with Crippen LogP contribution in [0.25, 0.3) is 0 Å². The largest absolute Gasteiger partial charge is 0.380 e. The molecular weight excluding hydrogens is 314 g/mol. The highest BCUT2D eigenvalue weighted by Gasteiger charge is 2.38. The molecule has 1 unspecified atom stereocenters. The zero-order valence-electron chi connectivity index (χ0n) is 14.9. The van der Waals surface area contributed by atoms with Gasteiger partial charge >= 0.3 is 0 Å². The molecule has 1 N–H and O–H groups in total. The Morgan fingerprint density at radius 3 is 2.46 bits per heavy atom. The summed E-state index contributed by atoms with van der Waals surface area (Å²) >= 11 is 1.77. The standard InChI is InChI=1S/C21H27NOS/c1-4-22(5-2)14-8-13-21(23)17-9-6-7-10-19(17)24-20-12-11-16(3)15-18(20)21/h6-7,9-12,15,23H,4-5,8,13-14H2,1-3H3. The first-order valence-electron chi connectivity index (χ1n) is 8.91. The Labute approximate surface area is 149 Å². The van der Waals surface area contributed by atoms with Gasteiger partial charge in [0.25, 0.3) is 0 Å². The summed E-state index contributed by atoms with van der Waals surface area (Å²) in [6.45, 7) is 9.66. The predicted molar refractivity (Wildman–Crippen MR) is 102 cm³/mol. The second kappa shape index (κ2) is 7.30. The van der Waals surface area contributed by atoms with Gasteiger partial charge in [0, 0.05) is 20.9 Å². The van der Waals surface area contributed by atoms with E-state index in [9.17, 15) is 5.11 Å². The van der Waals surface area contributed by atoms with Crippen molar-refractivity contribution in [3.63, 3.8) is 0 Å². The van der Waals surface area contributed by atoms with Crippen LogP contribution >= 0.6 is 11.8 Å². The molecule has 0 aliphatic carbocycles. The summed E-state index contributed by atoms with van der Waals surface area (Å²) in [7, 11) is 0. The minimum absolute atomic E-state index is 0.761. The summed E-state index contributed by atoms with van der Waals surface area (Å²) in [6.07, 6.45) is 1.75. The van der Waals surface area contributed by atoms with Gasteiger partial charge in [-0.1, -0.05) is 61.5 Å². The maximum Gasteiger partial charge on any atom is 0.117 e. The topological polar surface area (TPSA) is 23.5 Å². The van der Waals surface area contributed by atoms with Crippen LogP contribution in [0.2, 0.25) is 0 Å². The number of aliphatic hydroxyl groups is 1. The van der Waals surface area contributed by atoms with Crippen molar-refractivity contribution in [1.29, 1.82) is 0 Å². The number of nitrogens with zero attached hydrogens (tertiary/aromatic N) is 1. The van der Waals surface area contributed by atoms with E-state index in [2.05, 4.69) is 62.1 Å². The molecule has 0 radical (unpaired) electrons. The molecule has 3 heteroatoms. The zero-order chi connectivity index (χ0) is 17.2. The number of rotatable bonds is 6. The van der Waals surface area contributed by atoms with Gasteiger partial charge in [-0.3, -0.25) is 0 Å². The van der Waals surface area contributed by atoms with Gasteiger partial charge in [0.05, 0.1) is 0 Å². The van der Waals surface area contributed by atoms with E-state index in [1.807, 2.05) is 6.07 Å². The van der Waals surface area contributed by atoms with E-state index < -0.39 is 5.60 Å². The first-order valence-corrected chi connectivity index (χ1v) is 9.73. The molecule has 0 saturated heterocycles. The van der Waals surface area contributed by atoms with Crippen LogP contribution in [0.4, 0.5) is 0 Å². The van der Waals surface area contributed by atoms with Gasteiger partial charge in [0.1, 0.15) is 5.60 Å². The Morgan fingerprint density at radius 1 is 1.00 bits per heavy atom. The van der Waals surface area contributed by atoms with E-state index in [0.717, 1.165) is 43.6 Å². The first kappa shape index (κ1) is 17.5. The van der Waals surface area contributed by atoms with E-state index in [0.29, 0.717) is 0 Å². The monoisotopic (exact) mass is 341 g/mol. The van der Waals surface area contributed by atoms with Crippen LogP contribution in [-0.4, -0.2) is 29.6 Å². The molecule has 0 amide bonds. The van der Waals surface area contributed by atoms with Gasteiger partial charge in [0.15, 0.2) is 0 Å². The molecule has 1 atom stereocenters. The van der Waals surface area contributed by atoms with Crippen molar-refractivity contribution >= 4 is 11.8 Å². The van der Waals surface area contributed by atoms with E-state index in [1.54, 1.807) is 11.8 Å². The second-order valence-electron chi connectivity index (χ2n) is 6.59. The Balaban J connectivity index is 1.94. The molecule has 0 fully saturated rings. The highest BCUT2D eigenvalue weighted by Crippen LogP contribution is 2.50. The number of benzene rings is 2. The lowest BCUT2D eigenvalue weighted by Gasteiger charge is -2.37. The maximum absolute atomic E-state index is 11.7. The molecule has 128 valence electrons. The van der Waals surface area contributed by atoms with E-state index in [-0.39, 0.29) is 0 Å². The van der Waals surface area contributed by atoms with Crippen LogP contribution in [-0.2, 0) is 5.60 Å². The zero-order valence-corrected chi connectivity index (χ0v) is 15.7. The van der Waals surface area contributed by atoms with Gasteiger partial charge in [-0.2, -0.15) is 0 Å². The Kier molecular flexibility index (Phi) is 5.33. The van der Waals surface area contributed by atoms with Crippen molar-refractivity contribution in [3.05, 3.63) is 59.2 Å². The molecule has 3 rings (SSSR count). The molecule has 1 aliphatic heterocycles. The summed E-state index contributed by atoms with van der Waals surface area (Å²) in [5.41, 5.74) is 2.46. The Bertz CT molecular complexity index is 711. The minimum atomic E-state index is -0.879. The summed E-state index contributed by atoms with van der Waals surface area (Å²) in [6, 6.07) is 14.8. The van der Waals surface area contributed by atoms with E-state index in [4.69, 9.17) is 0 Å². The molecule has 24 heavy (non-hydrogen) atoms. The van der Waals surface area contributed by atoms with E-state index >= 15 is 0 Å². The van der Waals surface area contributed by atoms with Gasteiger partial charge in [-0.05, 0) is 51.5 Å². The lowest BCUT2D eigenvalue weighted by molar-refractivity contribution is 0.0587. The number of hydrogen-bond acceptors (Lipinski definition) is 3.